The summed E-state index contributed by atoms with van der Waals surface area (Å²) < 4.78 is 0. The molecule has 0 bridgehead atoms. The molecule has 0 aliphatic heterocycles. The summed E-state index contributed by atoms with van der Waals surface area (Å²) in [5.41, 5.74) is 3.45. The fourth-order valence-corrected chi connectivity index (χ4v) is 1.42. The summed E-state index contributed by atoms with van der Waals surface area (Å²) in [7, 11) is 0. The van der Waals surface area contributed by atoms with Gasteiger partial charge in [-0.15, -0.1) is 0 Å². The second kappa shape index (κ2) is 5.71. The molecule has 1 aromatic carbocycles. The molecular formula is C13H16ClNO. The molecule has 0 fully saturated rings. The minimum absolute atomic E-state index is 0.0370. The van der Waals surface area contributed by atoms with Crippen LogP contribution < -0.4 is 5.32 Å². The van der Waals surface area contributed by atoms with E-state index in [1.807, 2.05) is 25.1 Å². The predicted molar refractivity (Wildman–Crippen MR) is 67.6 cm³/mol. The quantitative estimate of drug-likeness (QED) is 0.857. The third-order valence-corrected chi connectivity index (χ3v) is 2.55. The van der Waals surface area contributed by atoms with E-state index in [0.29, 0.717) is 18.0 Å². The van der Waals surface area contributed by atoms with Crippen molar-refractivity contribution in [1.82, 2.24) is 5.32 Å². The molecule has 16 heavy (non-hydrogen) atoms. The van der Waals surface area contributed by atoms with Gasteiger partial charge in [0.25, 0.3) is 0 Å². The van der Waals surface area contributed by atoms with Crippen LogP contribution >= 0.6 is 11.6 Å². The summed E-state index contributed by atoms with van der Waals surface area (Å²) in [6, 6.07) is 6.03. The Hall–Kier alpha value is -1.28. The van der Waals surface area contributed by atoms with E-state index in [-0.39, 0.29) is 5.91 Å². The molecule has 0 heterocycles. The van der Waals surface area contributed by atoms with E-state index in [0.717, 1.165) is 5.56 Å². The first-order valence-corrected chi connectivity index (χ1v) is 5.53. The van der Waals surface area contributed by atoms with Crippen molar-refractivity contribution >= 4 is 17.5 Å². The maximum absolute atomic E-state index is 11.5. The van der Waals surface area contributed by atoms with Gasteiger partial charge in [0.2, 0.25) is 5.91 Å². The van der Waals surface area contributed by atoms with Gasteiger partial charge in [-0.1, -0.05) is 36.4 Å². The van der Waals surface area contributed by atoms with Crippen LogP contribution in [0.2, 0.25) is 0 Å². The third kappa shape index (κ3) is 4.07. The van der Waals surface area contributed by atoms with Crippen LogP contribution in [0.4, 0.5) is 0 Å². The maximum Gasteiger partial charge on any atom is 0.224 e. The predicted octanol–water partition coefficient (Wildman–Crippen LogP) is 2.71. The van der Waals surface area contributed by atoms with E-state index >= 15 is 0 Å². The number of carbonyl (C=O) groups is 1. The molecule has 0 spiro atoms. The van der Waals surface area contributed by atoms with Gasteiger partial charge < -0.3 is 5.32 Å². The molecule has 0 aromatic heterocycles. The van der Waals surface area contributed by atoms with E-state index < -0.39 is 0 Å². The number of aryl methyl sites for hydroxylation is 2. The molecule has 1 aromatic rings. The van der Waals surface area contributed by atoms with Gasteiger partial charge in [-0.2, -0.15) is 0 Å². The Morgan fingerprint density at radius 3 is 2.62 bits per heavy atom. The average molecular weight is 238 g/mol. The van der Waals surface area contributed by atoms with Crippen molar-refractivity contribution in [2.75, 3.05) is 6.54 Å². The number of benzene rings is 1. The van der Waals surface area contributed by atoms with Crippen molar-refractivity contribution in [1.29, 1.82) is 0 Å². The third-order valence-electron chi connectivity index (χ3n) is 2.41. The monoisotopic (exact) mass is 237 g/mol. The van der Waals surface area contributed by atoms with Crippen molar-refractivity contribution in [2.45, 2.75) is 20.3 Å². The molecule has 0 aliphatic rings. The normalized spacial score (nSPS) is 9.94. The van der Waals surface area contributed by atoms with Crippen LogP contribution in [0.25, 0.3) is 0 Å². The fourth-order valence-electron chi connectivity index (χ4n) is 1.36. The molecule has 86 valence electrons. The van der Waals surface area contributed by atoms with Gasteiger partial charge in [0.1, 0.15) is 0 Å². The lowest BCUT2D eigenvalue weighted by molar-refractivity contribution is -0.120. The highest BCUT2D eigenvalue weighted by atomic mass is 35.5. The molecule has 0 radical (unpaired) electrons. The van der Waals surface area contributed by atoms with Crippen LogP contribution in [0.1, 0.15) is 16.7 Å². The Labute approximate surface area is 101 Å². The molecule has 0 atom stereocenters. The Bertz CT molecular complexity index is 412. The molecular weight excluding hydrogens is 222 g/mol. The number of halogens is 1. The molecule has 1 rings (SSSR count). The Morgan fingerprint density at radius 1 is 1.38 bits per heavy atom. The van der Waals surface area contributed by atoms with E-state index in [4.69, 9.17) is 11.6 Å². The largest absolute Gasteiger partial charge is 0.351 e. The Balaban J connectivity index is 2.56. The number of hydrogen-bond donors (Lipinski definition) is 1. The van der Waals surface area contributed by atoms with Crippen molar-refractivity contribution in [3.63, 3.8) is 0 Å². The highest BCUT2D eigenvalue weighted by Crippen LogP contribution is 2.10. The zero-order valence-electron chi connectivity index (χ0n) is 9.64. The summed E-state index contributed by atoms with van der Waals surface area (Å²) >= 11 is 5.56. The molecule has 3 heteroatoms. The van der Waals surface area contributed by atoms with Crippen LogP contribution in [0, 0.1) is 13.8 Å². The smallest absolute Gasteiger partial charge is 0.224 e. The fraction of sp³-hybridized carbons (Fsp3) is 0.308. The minimum Gasteiger partial charge on any atom is -0.351 e. The van der Waals surface area contributed by atoms with Gasteiger partial charge >= 0.3 is 0 Å². The molecule has 0 saturated heterocycles. The van der Waals surface area contributed by atoms with Gasteiger partial charge in [-0.05, 0) is 30.5 Å². The lowest BCUT2D eigenvalue weighted by Gasteiger charge is -2.06. The summed E-state index contributed by atoms with van der Waals surface area (Å²) in [6.07, 6.45) is 0.380. The second-order valence-electron chi connectivity index (χ2n) is 3.89. The van der Waals surface area contributed by atoms with Crippen molar-refractivity contribution in [3.05, 3.63) is 46.5 Å². The lowest BCUT2D eigenvalue weighted by atomic mass is 10.0. The SMILES string of the molecule is C=C(Cl)CNC(=O)Cc1ccc(C)c(C)c1. The first-order chi connectivity index (χ1) is 7.49. The summed E-state index contributed by atoms with van der Waals surface area (Å²) in [5.74, 6) is -0.0370. The molecule has 1 amide bonds. The molecule has 0 saturated carbocycles. The van der Waals surface area contributed by atoms with Gasteiger partial charge in [-0.25, -0.2) is 0 Å². The molecule has 0 unspecified atom stereocenters. The van der Waals surface area contributed by atoms with Crippen LogP contribution in [-0.4, -0.2) is 12.5 Å². The summed E-state index contributed by atoms with van der Waals surface area (Å²) in [5, 5.41) is 3.13. The van der Waals surface area contributed by atoms with E-state index in [2.05, 4.69) is 18.8 Å². The number of carbonyl (C=O) groups excluding carboxylic acids is 1. The van der Waals surface area contributed by atoms with Crippen LogP contribution in [-0.2, 0) is 11.2 Å². The average Bonchev–Trinajstić information content (AvgIpc) is 2.21. The number of amides is 1. The van der Waals surface area contributed by atoms with Crippen molar-refractivity contribution in [2.24, 2.45) is 0 Å². The first-order valence-electron chi connectivity index (χ1n) is 5.15. The Morgan fingerprint density at radius 2 is 2.06 bits per heavy atom. The van der Waals surface area contributed by atoms with Gasteiger partial charge in [0.15, 0.2) is 0 Å². The topological polar surface area (TPSA) is 29.1 Å². The maximum atomic E-state index is 11.5. The van der Waals surface area contributed by atoms with Crippen LogP contribution in [0.15, 0.2) is 29.8 Å². The highest BCUT2D eigenvalue weighted by Gasteiger charge is 2.04. The van der Waals surface area contributed by atoms with E-state index in [1.54, 1.807) is 0 Å². The Kier molecular flexibility index (Phi) is 4.56. The van der Waals surface area contributed by atoms with E-state index in [9.17, 15) is 4.79 Å². The van der Waals surface area contributed by atoms with Crippen molar-refractivity contribution in [3.8, 4) is 0 Å². The molecule has 1 N–H and O–H groups in total. The zero-order chi connectivity index (χ0) is 12.1. The molecule has 2 nitrogen and oxygen atoms in total. The minimum atomic E-state index is -0.0370. The first kappa shape index (κ1) is 12.8. The summed E-state index contributed by atoms with van der Waals surface area (Å²) in [4.78, 5) is 11.5. The van der Waals surface area contributed by atoms with Gasteiger partial charge in [0.05, 0.1) is 13.0 Å². The molecule has 0 aliphatic carbocycles. The highest BCUT2D eigenvalue weighted by molar-refractivity contribution is 6.29. The lowest BCUT2D eigenvalue weighted by Crippen LogP contribution is -2.26. The van der Waals surface area contributed by atoms with Gasteiger partial charge in [0, 0.05) is 5.03 Å². The number of nitrogens with one attached hydrogen (secondary N) is 1. The number of rotatable bonds is 4. The van der Waals surface area contributed by atoms with Crippen molar-refractivity contribution < 1.29 is 4.79 Å². The zero-order valence-corrected chi connectivity index (χ0v) is 10.4. The summed E-state index contributed by atoms with van der Waals surface area (Å²) in [6.45, 7) is 7.93. The van der Waals surface area contributed by atoms with Crippen LogP contribution in [0.3, 0.4) is 0 Å². The second-order valence-corrected chi connectivity index (χ2v) is 4.42. The number of hydrogen-bond acceptors (Lipinski definition) is 1. The van der Waals surface area contributed by atoms with Crippen LogP contribution in [0.5, 0.6) is 0 Å². The standard InChI is InChI=1S/C13H16ClNO/c1-9-4-5-12(6-10(9)2)7-13(16)15-8-11(3)14/h4-6H,3,7-8H2,1-2H3,(H,15,16). The van der Waals surface area contributed by atoms with Gasteiger partial charge in [-0.3, -0.25) is 4.79 Å². The van der Waals surface area contributed by atoms with E-state index in [1.165, 1.54) is 11.1 Å².